The Morgan fingerprint density at radius 3 is 1.89 bits per heavy atom. The molecule has 0 spiro atoms. The Morgan fingerprint density at radius 2 is 1.25 bits per heavy atom. The van der Waals surface area contributed by atoms with Crippen molar-refractivity contribution in [1.29, 1.82) is 0 Å². The maximum Gasteiger partial charge on any atom is 0.187 e. The predicted molar refractivity (Wildman–Crippen MR) is 166 cm³/mol. The minimum Gasteiger partial charge on any atom is -0.394 e. The summed E-state index contributed by atoms with van der Waals surface area (Å²) in [4.78, 5) is 0. The molecule has 0 bridgehead atoms. The van der Waals surface area contributed by atoms with E-state index in [-0.39, 0.29) is 6.61 Å². The lowest BCUT2D eigenvalue weighted by molar-refractivity contribution is -0.389. The van der Waals surface area contributed by atoms with Gasteiger partial charge in [0.2, 0.25) is 0 Å². The average Bonchev–Trinajstić information content (AvgIpc) is 3.42. The van der Waals surface area contributed by atoms with Gasteiger partial charge in [-0.15, -0.1) is 6.58 Å². The molecule has 5 fully saturated rings. The Hall–Kier alpha value is -1.14. The molecule has 22 atom stereocenters. The van der Waals surface area contributed by atoms with Crippen molar-refractivity contribution in [2.45, 2.75) is 149 Å². The van der Waals surface area contributed by atoms with Crippen LogP contribution in [0.3, 0.4) is 0 Å². The van der Waals surface area contributed by atoms with Crippen molar-refractivity contribution in [3.63, 3.8) is 0 Å². The topological polar surface area (TPSA) is 335 Å². The zero-order valence-electron chi connectivity index (χ0n) is 28.9. The van der Waals surface area contributed by atoms with Crippen LogP contribution in [-0.2, 0) is 47.4 Å². The van der Waals surface area contributed by atoms with E-state index in [1.54, 1.807) is 0 Å². The molecule has 0 unspecified atom stereocenters. The van der Waals surface area contributed by atoms with Crippen LogP contribution in [0.25, 0.3) is 0 Å². The van der Waals surface area contributed by atoms with Crippen LogP contribution in [-0.4, -0.2) is 229 Å². The molecule has 0 amide bonds. The third kappa shape index (κ3) is 8.89. The molecule has 5 aliphatic heterocycles. The van der Waals surface area contributed by atoms with Gasteiger partial charge in [0.25, 0.3) is 0 Å². The molecule has 22 heteroatoms. The molecule has 308 valence electrons. The molecule has 0 aromatic heterocycles. The quantitative estimate of drug-likeness (QED) is 0.0773. The fraction of sp³-hybridized carbons (Fsp3) is 0.935. The number of aliphatic hydroxyl groups is 12. The van der Waals surface area contributed by atoms with E-state index in [9.17, 15) is 61.3 Å². The summed E-state index contributed by atoms with van der Waals surface area (Å²) in [6.45, 7) is 3.73. The van der Waals surface area contributed by atoms with Crippen molar-refractivity contribution in [2.75, 3.05) is 33.0 Å². The molecule has 5 rings (SSSR count). The number of hydrogen-bond acceptors (Lipinski definition) is 22. The minimum absolute atomic E-state index is 0.0408. The van der Waals surface area contributed by atoms with E-state index in [4.69, 9.17) is 47.4 Å². The van der Waals surface area contributed by atoms with Gasteiger partial charge in [-0.25, -0.2) is 0 Å². The summed E-state index contributed by atoms with van der Waals surface area (Å²) in [6, 6.07) is 0. The van der Waals surface area contributed by atoms with Gasteiger partial charge in [-0.1, -0.05) is 6.08 Å². The summed E-state index contributed by atoms with van der Waals surface area (Å²) in [7, 11) is 0. The molecule has 0 aromatic carbocycles. The first-order valence-corrected chi connectivity index (χ1v) is 17.2. The zero-order valence-corrected chi connectivity index (χ0v) is 28.9. The number of hydrogen-bond donors (Lipinski definition) is 12. The maximum atomic E-state index is 11.6. The second-order valence-corrected chi connectivity index (χ2v) is 13.8. The number of aliphatic hydroxyl groups excluding tert-OH is 11. The van der Waals surface area contributed by atoms with E-state index in [2.05, 4.69) is 6.58 Å². The van der Waals surface area contributed by atoms with Gasteiger partial charge < -0.3 is 109 Å². The van der Waals surface area contributed by atoms with Crippen molar-refractivity contribution in [1.82, 2.24) is 0 Å². The lowest BCUT2D eigenvalue weighted by Crippen LogP contribution is -2.66. The second kappa shape index (κ2) is 18.0. The average molecular weight is 777 g/mol. The Morgan fingerprint density at radius 1 is 0.623 bits per heavy atom. The predicted octanol–water partition coefficient (Wildman–Crippen LogP) is -7.38. The van der Waals surface area contributed by atoms with Crippen LogP contribution >= 0.6 is 0 Å². The van der Waals surface area contributed by atoms with Crippen LogP contribution < -0.4 is 0 Å². The lowest BCUT2D eigenvalue weighted by atomic mass is 9.96. The van der Waals surface area contributed by atoms with E-state index < -0.39 is 161 Å². The summed E-state index contributed by atoms with van der Waals surface area (Å²) in [6.07, 6.45) is -31.5. The van der Waals surface area contributed by atoms with Crippen molar-refractivity contribution < 1.29 is 109 Å². The van der Waals surface area contributed by atoms with Gasteiger partial charge in [0.1, 0.15) is 91.1 Å². The Bertz CT molecular complexity index is 1170. The highest BCUT2D eigenvalue weighted by atomic mass is 16.8. The second-order valence-electron chi connectivity index (χ2n) is 13.8. The van der Waals surface area contributed by atoms with E-state index in [1.165, 1.54) is 19.9 Å². The van der Waals surface area contributed by atoms with Gasteiger partial charge in [0.05, 0.1) is 45.2 Å². The lowest BCUT2D eigenvalue weighted by Gasteiger charge is -2.49. The Labute approximate surface area is 303 Å². The summed E-state index contributed by atoms with van der Waals surface area (Å²) in [5, 5.41) is 126. The standard InChI is InChI=1S/C31H52O22/c1-4-5-44-29-24(18(38)14(34)10(2)47-29)53-28-21(41)23(52-30-25(42)31(43,8-33)9-46-30)22(11(3)48-28)51-26-19(39)16(36)13(7-45-26)50-27-20(40)17(37)15(35)12(6-32)49-27/h4,10-30,32-43H,1,5-9H2,2-3H3/t10-,11+,12-,13-,14+,15+,16+,17+,18+,19-,20-,21-,22+,23+,24-,25+,26+,27+,28+,29+,30+,31-/m1/s1. The van der Waals surface area contributed by atoms with Gasteiger partial charge in [-0.3, -0.25) is 0 Å². The molecule has 5 aliphatic rings. The van der Waals surface area contributed by atoms with E-state index in [0.717, 1.165) is 0 Å². The molecule has 0 aliphatic carbocycles. The third-order valence-corrected chi connectivity index (χ3v) is 9.96. The highest BCUT2D eigenvalue weighted by Crippen LogP contribution is 2.36. The number of ether oxygens (including phenoxy) is 10. The SMILES string of the molecule is C=CCO[C@H]1O[C@H](C)[C@H](O)[C@H](O)[C@H]1O[C@@H]1O[C@@H](C)[C@H](O[C@@H]2OC[C@@H](O[C@@H]3O[C@H](CO)[C@H](O)[C@H](O)[C@H]3O)[C@H](O)[C@H]2O)[C@@H](O[C@@H]2OC[C@](O)(CO)[C@H]2O)[C@H]1O. The first kappa shape index (κ1) is 43.0. The van der Waals surface area contributed by atoms with Gasteiger partial charge in [-0.05, 0) is 13.8 Å². The molecule has 22 nitrogen and oxygen atoms in total. The Balaban J connectivity index is 1.32. The van der Waals surface area contributed by atoms with Gasteiger partial charge in [-0.2, -0.15) is 0 Å². The van der Waals surface area contributed by atoms with Crippen LogP contribution in [0.15, 0.2) is 12.7 Å². The van der Waals surface area contributed by atoms with Crippen LogP contribution in [0, 0.1) is 0 Å². The third-order valence-electron chi connectivity index (χ3n) is 9.96. The first-order chi connectivity index (χ1) is 25.1. The van der Waals surface area contributed by atoms with Crippen LogP contribution in [0.4, 0.5) is 0 Å². The monoisotopic (exact) mass is 776 g/mol. The van der Waals surface area contributed by atoms with Gasteiger partial charge in [0.15, 0.2) is 31.5 Å². The van der Waals surface area contributed by atoms with Crippen LogP contribution in [0.5, 0.6) is 0 Å². The smallest absolute Gasteiger partial charge is 0.187 e. The molecule has 53 heavy (non-hydrogen) atoms. The summed E-state index contributed by atoms with van der Waals surface area (Å²) in [5.74, 6) is 0. The van der Waals surface area contributed by atoms with Crippen molar-refractivity contribution >= 4 is 0 Å². The number of rotatable bonds is 13. The normalized spacial score (nSPS) is 52.4. The molecule has 0 radical (unpaired) electrons. The van der Waals surface area contributed by atoms with Gasteiger partial charge in [0, 0.05) is 0 Å². The molecule has 0 saturated carbocycles. The van der Waals surface area contributed by atoms with Crippen molar-refractivity contribution in [2.24, 2.45) is 0 Å². The van der Waals surface area contributed by atoms with E-state index in [1.807, 2.05) is 0 Å². The van der Waals surface area contributed by atoms with Crippen LogP contribution in [0.2, 0.25) is 0 Å². The van der Waals surface area contributed by atoms with Gasteiger partial charge >= 0.3 is 0 Å². The summed E-state index contributed by atoms with van der Waals surface area (Å²) >= 11 is 0. The highest BCUT2D eigenvalue weighted by Gasteiger charge is 2.56. The molecular formula is C31H52O22. The fourth-order valence-electron chi connectivity index (χ4n) is 6.62. The summed E-state index contributed by atoms with van der Waals surface area (Å²) < 4.78 is 56.8. The summed E-state index contributed by atoms with van der Waals surface area (Å²) in [5.41, 5.74) is -2.13. The Kier molecular flexibility index (Phi) is 14.6. The van der Waals surface area contributed by atoms with Crippen LogP contribution in [0.1, 0.15) is 13.8 Å². The van der Waals surface area contributed by atoms with Crippen molar-refractivity contribution in [3.05, 3.63) is 12.7 Å². The molecular weight excluding hydrogens is 724 g/mol. The zero-order chi connectivity index (χ0) is 38.9. The first-order valence-electron chi connectivity index (χ1n) is 17.2. The fourth-order valence-corrected chi connectivity index (χ4v) is 6.62. The molecule has 5 saturated heterocycles. The minimum atomic E-state index is -2.13. The molecule has 0 aromatic rings. The van der Waals surface area contributed by atoms with E-state index in [0.29, 0.717) is 0 Å². The maximum absolute atomic E-state index is 11.6. The molecule has 5 heterocycles. The van der Waals surface area contributed by atoms with Crippen molar-refractivity contribution in [3.8, 4) is 0 Å². The highest BCUT2D eigenvalue weighted by molar-refractivity contribution is 4.99. The largest absolute Gasteiger partial charge is 0.394 e. The molecule has 12 N–H and O–H groups in total. The van der Waals surface area contributed by atoms with E-state index >= 15 is 0 Å².